The van der Waals surface area contributed by atoms with E-state index in [4.69, 9.17) is 9.47 Å². The van der Waals surface area contributed by atoms with Gasteiger partial charge in [-0.3, -0.25) is 9.69 Å². The van der Waals surface area contributed by atoms with Crippen molar-refractivity contribution < 1.29 is 18.7 Å². The Morgan fingerprint density at radius 1 is 1.13 bits per heavy atom. The van der Waals surface area contributed by atoms with Crippen molar-refractivity contribution in [2.24, 2.45) is 0 Å². The number of hydrogen-bond donors (Lipinski definition) is 2. The van der Waals surface area contributed by atoms with E-state index in [2.05, 4.69) is 29.4 Å². The number of fused-ring (bicyclic) bond motifs is 1. The first-order chi connectivity index (χ1) is 15.0. The predicted octanol–water partition coefficient (Wildman–Crippen LogP) is 2.85. The molecular formula is C24H30FN3O3. The van der Waals surface area contributed by atoms with Gasteiger partial charge in [0.2, 0.25) is 12.7 Å². The molecule has 2 aliphatic heterocycles. The normalized spacial score (nSPS) is 20.4. The number of benzene rings is 2. The van der Waals surface area contributed by atoms with Crippen LogP contribution in [0.4, 0.5) is 4.39 Å². The van der Waals surface area contributed by atoms with Gasteiger partial charge in [-0.15, -0.1) is 0 Å². The number of carbonyl (C=O) groups is 1. The largest absolute Gasteiger partial charge is 0.454 e. The third-order valence-electron chi connectivity index (χ3n) is 5.96. The molecule has 6 nitrogen and oxygen atoms in total. The minimum absolute atomic E-state index is 0.0699. The van der Waals surface area contributed by atoms with Crippen molar-refractivity contribution in [2.45, 2.75) is 51.4 Å². The lowest BCUT2D eigenvalue weighted by atomic mass is 10.1. The Hall–Kier alpha value is -2.64. The summed E-state index contributed by atoms with van der Waals surface area (Å²) in [6.45, 7) is 6.56. The second-order valence-electron chi connectivity index (χ2n) is 8.47. The molecule has 0 bridgehead atoms. The number of nitrogens with zero attached hydrogens (tertiary/aromatic N) is 1. The number of amides is 1. The van der Waals surface area contributed by atoms with Crippen molar-refractivity contribution in [3.8, 4) is 11.5 Å². The first-order valence-electron chi connectivity index (χ1n) is 10.9. The number of hydrogen-bond acceptors (Lipinski definition) is 5. The van der Waals surface area contributed by atoms with E-state index in [9.17, 15) is 9.18 Å². The van der Waals surface area contributed by atoms with Gasteiger partial charge in [-0.1, -0.05) is 18.2 Å². The molecule has 4 rings (SSSR count). The zero-order valence-corrected chi connectivity index (χ0v) is 18.1. The van der Waals surface area contributed by atoms with Crippen molar-refractivity contribution in [3.63, 3.8) is 0 Å². The number of nitrogens with one attached hydrogen (secondary N) is 2. The highest BCUT2D eigenvalue weighted by Crippen LogP contribution is 2.32. The minimum Gasteiger partial charge on any atom is -0.454 e. The highest BCUT2D eigenvalue weighted by molar-refractivity contribution is 5.82. The summed E-state index contributed by atoms with van der Waals surface area (Å²) < 4.78 is 23.9. The lowest BCUT2D eigenvalue weighted by molar-refractivity contribution is -0.126. The summed E-state index contributed by atoms with van der Waals surface area (Å²) in [5, 5.41) is 6.63. The molecule has 0 unspecified atom stereocenters. The Bertz CT molecular complexity index is 903. The standard InChI is InChI=1S/C24H30FN3O3/c1-16(2)28-14-20(27-13-18-3-6-19(25)7-4-18)12-21(28)24(29)26-10-9-17-5-8-22-23(11-17)31-15-30-22/h3-8,11,16,20-21,27H,9-10,12-15H2,1-2H3,(H,26,29)/t20-,21-/m0/s1. The molecule has 7 heteroatoms. The number of halogens is 1. The van der Waals surface area contributed by atoms with Crippen LogP contribution in [0.15, 0.2) is 42.5 Å². The minimum atomic E-state index is -0.229. The lowest BCUT2D eigenvalue weighted by Gasteiger charge is -2.27. The first kappa shape index (κ1) is 21.6. The maximum atomic E-state index is 13.1. The molecule has 0 aliphatic carbocycles. The van der Waals surface area contributed by atoms with E-state index in [-0.39, 0.29) is 36.6 Å². The SMILES string of the molecule is CC(C)N1C[C@@H](NCc2ccc(F)cc2)C[C@H]1C(=O)NCCc1ccc2c(c1)OCO2. The third-order valence-corrected chi connectivity index (χ3v) is 5.96. The summed E-state index contributed by atoms with van der Waals surface area (Å²) >= 11 is 0. The summed E-state index contributed by atoms with van der Waals surface area (Å²) in [6, 6.07) is 12.8. The Morgan fingerprint density at radius 3 is 2.65 bits per heavy atom. The van der Waals surface area contributed by atoms with E-state index in [0.717, 1.165) is 42.0 Å². The van der Waals surface area contributed by atoms with Gasteiger partial charge in [0.15, 0.2) is 11.5 Å². The smallest absolute Gasteiger partial charge is 0.237 e. The van der Waals surface area contributed by atoms with Gasteiger partial charge in [-0.2, -0.15) is 0 Å². The molecule has 0 spiro atoms. The average molecular weight is 428 g/mol. The van der Waals surface area contributed by atoms with Gasteiger partial charge in [0.1, 0.15) is 5.82 Å². The second-order valence-corrected chi connectivity index (χ2v) is 8.47. The van der Waals surface area contributed by atoms with Crippen molar-refractivity contribution in [1.82, 2.24) is 15.5 Å². The van der Waals surface area contributed by atoms with Crippen LogP contribution in [0.5, 0.6) is 11.5 Å². The van der Waals surface area contributed by atoms with E-state index in [0.29, 0.717) is 13.1 Å². The van der Waals surface area contributed by atoms with Crippen molar-refractivity contribution in [2.75, 3.05) is 19.9 Å². The summed E-state index contributed by atoms with van der Waals surface area (Å²) in [5.41, 5.74) is 2.14. The molecule has 2 aromatic rings. The quantitative estimate of drug-likeness (QED) is 0.678. The molecule has 1 saturated heterocycles. The van der Waals surface area contributed by atoms with Gasteiger partial charge in [-0.25, -0.2) is 4.39 Å². The molecule has 2 aliphatic rings. The van der Waals surface area contributed by atoms with Crippen LogP contribution in [0, 0.1) is 5.82 Å². The van der Waals surface area contributed by atoms with E-state index < -0.39 is 0 Å². The maximum absolute atomic E-state index is 13.1. The van der Waals surface area contributed by atoms with Gasteiger partial charge >= 0.3 is 0 Å². The van der Waals surface area contributed by atoms with Gasteiger partial charge in [0.25, 0.3) is 0 Å². The van der Waals surface area contributed by atoms with E-state index in [1.54, 1.807) is 12.1 Å². The van der Waals surface area contributed by atoms with Gasteiger partial charge in [-0.05, 0) is 62.1 Å². The fourth-order valence-electron chi connectivity index (χ4n) is 4.25. The first-order valence-corrected chi connectivity index (χ1v) is 10.9. The van der Waals surface area contributed by atoms with Crippen LogP contribution in [0.1, 0.15) is 31.4 Å². The average Bonchev–Trinajstić information content (AvgIpc) is 3.40. The topological polar surface area (TPSA) is 62.8 Å². The zero-order chi connectivity index (χ0) is 21.8. The molecule has 166 valence electrons. The van der Waals surface area contributed by atoms with Crippen molar-refractivity contribution in [3.05, 3.63) is 59.4 Å². The zero-order valence-electron chi connectivity index (χ0n) is 18.1. The Labute approximate surface area is 182 Å². The van der Waals surface area contributed by atoms with Gasteiger partial charge in [0.05, 0.1) is 6.04 Å². The third kappa shape index (κ3) is 5.35. The molecular weight excluding hydrogens is 397 g/mol. The molecule has 1 fully saturated rings. The molecule has 31 heavy (non-hydrogen) atoms. The van der Waals surface area contributed by atoms with Crippen LogP contribution in [-0.4, -0.2) is 48.8 Å². The van der Waals surface area contributed by atoms with Crippen molar-refractivity contribution >= 4 is 5.91 Å². The van der Waals surface area contributed by atoms with Crippen LogP contribution < -0.4 is 20.1 Å². The second kappa shape index (κ2) is 9.66. The Kier molecular flexibility index (Phi) is 6.73. The van der Waals surface area contributed by atoms with Crippen LogP contribution in [-0.2, 0) is 17.8 Å². The number of rotatable bonds is 8. The molecule has 2 heterocycles. The Morgan fingerprint density at radius 2 is 1.87 bits per heavy atom. The maximum Gasteiger partial charge on any atom is 0.237 e. The summed E-state index contributed by atoms with van der Waals surface area (Å²) in [4.78, 5) is 15.2. The summed E-state index contributed by atoms with van der Waals surface area (Å²) in [5.74, 6) is 1.37. The summed E-state index contributed by atoms with van der Waals surface area (Å²) in [6.07, 6.45) is 1.50. The molecule has 1 amide bonds. The van der Waals surface area contributed by atoms with Crippen LogP contribution >= 0.6 is 0 Å². The van der Waals surface area contributed by atoms with Gasteiger partial charge < -0.3 is 20.1 Å². The van der Waals surface area contributed by atoms with Crippen LogP contribution in [0.25, 0.3) is 0 Å². The fraction of sp³-hybridized carbons (Fsp3) is 0.458. The molecule has 2 aromatic carbocycles. The molecule has 2 N–H and O–H groups in total. The van der Waals surface area contributed by atoms with E-state index >= 15 is 0 Å². The molecule has 0 aromatic heterocycles. The predicted molar refractivity (Wildman–Crippen MR) is 117 cm³/mol. The molecule has 2 atom stereocenters. The number of likely N-dealkylation sites (tertiary alicyclic amines) is 1. The fourth-order valence-corrected chi connectivity index (χ4v) is 4.25. The highest BCUT2D eigenvalue weighted by atomic mass is 19.1. The van der Waals surface area contributed by atoms with E-state index in [1.807, 2.05) is 18.2 Å². The molecule has 0 saturated carbocycles. The number of ether oxygens (including phenoxy) is 2. The Balaban J connectivity index is 1.28. The highest BCUT2D eigenvalue weighted by Gasteiger charge is 2.37. The van der Waals surface area contributed by atoms with Gasteiger partial charge in [0, 0.05) is 31.7 Å². The monoisotopic (exact) mass is 427 g/mol. The van der Waals surface area contributed by atoms with Crippen LogP contribution in [0.2, 0.25) is 0 Å². The van der Waals surface area contributed by atoms with E-state index in [1.165, 1.54) is 12.1 Å². The molecule has 0 radical (unpaired) electrons. The van der Waals surface area contributed by atoms with Crippen molar-refractivity contribution in [1.29, 1.82) is 0 Å². The van der Waals surface area contributed by atoms with Crippen LogP contribution in [0.3, 0.4) is 0 Å². The summed E-state index contributed by atoms with van der Waals surface area (Å²) in [7, 11) is 0. The number of carbonyl (C=O) groups excluding carboxylic acids is 1. The lowest BCUT2D eigenvalue weighted by Crippen LogP contribution is -2.46.